The Balaban J connectivity index is 1.58. The van der Waals surface area contributed by atoms with Gasteiger partial charge >= 0.3 is 0 Å². The second kappa shape index (κ2) is 6.30. The summed E-state index contributed by atoms with van der Waals surface area (Å²) in [6.07, 6.45) is 1.54. The van der Waals surface area contributed by atoms with E-state index < -0.39 is 5.41 Å². The second-order valence-electron chi connectivity index (χ2n) is 8.66. The average molecular weight is 378 g/mol. The number of phenolic OH excluding ortho intramolecular Hbond substituents is 1. The van der Waals surface area contributed by atoms with Crippen molar-refractivity contribution in [1.29, 1.82) is 0 Å². The van der Waals surface area contributed by atoms with Crippen molar-refractivity contribution in [2.45, 2.75) is 44.4 Å². The molecule has 1 heterocycles. The molecule has 3 aromatic rings. The van der Waals surface area contributed by atoms with E-state index in [1.54, 1.807) is 12.1 Å². The quantitative estimate of drug-likeness (QED) is 0.607. The fourth-order valence-corrected chi connectivity index (χ4v) is 3.62. The van der Waals surface area contributed by atoms with Crippen molar-refractivity contribution in [1.82, 2.24) is 4.98 Å². The molecule has 5 nitrogen and oxygen atoms in total. The van der Waals surface area contributed by atoms with Crippen molar-refractivity contribution in [3.63, 3.8) is 0 Å². The molecule has 1 fully saturated rings. The first kappa shape index (κ1) is 18.4. The van der Waals surface area contributed by atoms with Gasteiger partial charge in [-0.25, -0.2) is 0 Å². The maximum absolute atomic E-state index is 13.0. The highest BCUT2D eigenvalue weighted by molar-refractivity contribution is 6.02. The van der Waals surface area contributed by atoms with Crippen LogP contribution in [0.4, 0.5) is 5.69 Å². The molecule has 0 unspecified atom stereocenters. The molecule has 2 aromatic carbocycles. The van der Waals surface area contributed by atoms with Crippen LogP contribution in [0.15, 0.2) is 42.5 Å². The molecule has 0 radical (unpaired) electrons. The summed E-state index contributed by atoms with van der Waals surface area (Å²) < 4.78 is 5.10. The fraction of sp³-hybridized carbons (Fsp3) is 0.348. The van der Waals surface area contributed by atoms with Crippen LogP contribution in [0, 0.1) is 0 Å². The van der Waals surface area contributed by atoms with Gasteiger partial charge in [-0.05, 0) is 54.8 Å². The first-order valence-electron chi connectivity index (χ1n) is 9.55. The van der Waals surface area contributed by atoms with Gasteiger partial charge in [0.2, 0.25) is 5.91 Å². The van der Waals surface area contributed by atoms with Gasteiger partial charge in [-0.1, -0.05) is 26.8 Å². The number of methoxy groups -OCH3 is 1. The topological polar surface area (TPSA) is 74.3 Å². The summed E-state index contributed by atoms with van der Waals surface area (Å²) in [6.45, 7) is 6.50. The number of carbonyl (C=O) groups is 1. The molecule has 28 heavy (non-hydrogen) atoms. The van der Waals surface area contributed by atoms with Crippen molar-refractivity contribution in [2.75, 3.05) is 12.4 Å². The Morgan fingerprint density at radius 2 is 1.89 bits per heavy atom. The number of amides is 1. The van der Waals surface area contributed by atoms with Crippen LogP contribution >= 0.6 is 0 Å². The zero-order chi connectivity index (χ0) is 20.1. The van der Waals surface area contributed by atoms with Gasteiger partial charge in [0.25, 0.3) is 0 Å². The van der Waals surface area contributed by atoms with E-state index >= 15 is 0 Å². The van der Waals surface area contributed by atoms with E-state index in [0.29, 0.717) is 5.75 Å². The minimum atomic E-state index is -0.576. The lowest BCUT2D eigenvalue weighted by Crippen LogP contribution is -2.27. The van der Waals surface area contributed by atoms with Gasteiger partial charge < -0.3 is 20.1 Å². The largest absolute Gasteiger partial charge is 0.504 e. The monoisotopic (exact) mass is 378 g/mol. The standard InChI is InChI=1S/C23H26N2O3/c1-22(2,3)20-12-14-11-16(6-7-17(14)25-20)24-21(27)23(9-10-23)15-5-8-19(28-4)18(26)13-15/h5-8,11-13,25-26H,9-10H2,1-4H3,(H,24,27). The second-order valence-corrected chi connectivity index (χ2v) is 8.66. The zero-order valence-corrected chi connectivity index (χ0v) is 16.7. The van der Waals surface area contributed by atoms with Crippen LogP contribution in [0.5, 0.6) is 11.5 Å². The Morgan fingerprint density at radius 3 is 2.50 bits per heavy atom. The number of anilines is 1. The molecular formula is C23H26N2O3. The predicted molar refractivity (Wildman–Crippen MR) is 111 cm³/mol. The van der Waals surface area contributed by atoms with Crippen molar-refractivity contribution >= 4 is 22.5 Å². The molecule has 0 spiro atoms. The van der Waals surface area contributed by atoms with Gasteiger partial charge in [0.05, 0.1) is 12.5 Å². The maximum atomic E-state index is 13.0. The predicted octanol–water partition coefficient (Wildman–Crippen LogP) is 4.85. The third kappa shape index (κ3) is 3.11. The molecule has 0 atom stereocenters. The van der Waals surface area contributed by atoms with E-state index in [2.05, 4.69) is 37.1 Å². The van der Waals surface area contributed by atoms with Gasteiger partial charge in [-0.15, -0.1) is 0 Å². The Labute approximate surface area is 164 Å². The Hall–Kier alpha value is -2.95. The van der Waals surface area contributed by atoms with Crippen LogP contribution in [-0.2, 0) is 15.6 Å². The van der Waals surface area contributed by atoms with Crippen LogP contribution in [0.1, 0.15) is 44.9 Å². The number of phenols is 1. The highest BCUT2D eigenvalue weighted by Crippen LogP contribution is 2.50. The third-order valence-electron chi connectivity index (χ3n) is 5.60. The van der Waals surface area contributed by atoms with Crippen LogP contribution in [0.25, 0.3) is 10.9 Å². The van der Waals surface area contributed by atoms with E-state index in [0.717, 1.165) is 35.0 Å². The Kier molecular flexibility index (Phi) is 4.14. The van der Waals surface area contributed by atoms with E-state index in [1.807, 2.05) is 24.3 Å². The SMILES string of the molecule is COc1ccc(C2(C(=O)Nc3ccc4[nH]c(C(C)(C)C)cc4c3)CC2)cc1O. The molecule has 3 N–H and O–H groups in total. The number of H-pyrrole nitrogens is 1. The molecular weight excluding hydrogens is 352 g/mol. The third-order valence-corrected chi connectivity index (χ3v) is 5.60. The Bertz CT molecular complexity index is 1060. The van der Waals surface area contributed by atoms with Gasteiger partial charge in [0.15, 0.2) is 11.5 Å². The summed E-state index contributed by atoms with van der Waals surface area (Å²) >= 11 is 0. The minimum Gasteiger partial charge on any atom is -0.504 e. The molecule has 1 amide bonds. The number of aromatic hydroxyl groups is 1. The van der Waals surface area contributed by atoms with E-state index in [-0.39, 0.29) is 17.1 Å². The van der Waals surface area contributed by atoms with Crippen LogP contribution in [0.3, 0.4) is 0 Å². The lowest BCUT2D eigenvalue weighted by Gasteiger charge is -2.17. The number of carbonyl (C=O) groups excluding carboxylic acids is 1. The van der Waals surface area contributed by atoms with Crippen molar-refractivity contribution in [3.8, 4) is 11.5 Å². The number of aromatic nitrogens is 1. The summed E-state index contributed by atoms with van der Waals surface area (Å²) in [4.78, 5) is 16.5. The summed E-state index contributed by atoms with van der Waals surface area (Å²) in [6, 6.07) is 13.3. The zero-order valence-electron chi connectivity index (χ0n) is 16.7. The summed E-state index contributed by atoms with van der Waals surface area (Å²) in [5, 5.41) is 14.2. The van der Waals surface area contributed by atoms with Crippen molar-refractivity contribution < 1.29 is 14.6 Å². The first-order chi connectivity index (χ1) is 13.2. The highest BCUT2D eigenvalue weighted by Gasteiger charge is 2.51. The minimum absolute atomic E-state index is 0.0386. The normalized spacial score (nSPS) is 15.4. The number of rotatable bonds is 4. The van der Waals surface area contributed by atoms with E-state index in [4.69, 9.17) is 4.74 Å². The molecule has 0 bridgehead atoms. The summed E-state index contributed by atoms with van der Waals surface area (Å²) in [5.41, 5.74) is 3.29. The van der Waals surface area contributed by atoms with Crippen molar-refractivity contribution in [2.24, 2.45) is 0 Å². The Morgan fingerprint density at radius 1 is 1.14 bits per heavy atom. The highest BCUT2D eigenvalue weighted by atomic mass is 16.5. The molecule has 0 aliphatic heterocycles. The van der Waals surface area contributed by atoms with Gasteiger partial charge in [-0.2, -0.15) is 0 Å². The van der Waals surface area contributed by atoms with Gasteiger partial charge in [0.1, 0.15) is 0 Å². The fourth-order valence-electron chi connectivity index (χ4n) is 3.62. The van der Waals surface area contributed by atoms with Gasteiger partial charge in [0, 0.05) is 27.7 Å². The molecule has 0 saturated heterocycles. The molecule has 1 aromatic heterocycles. The van der Waals surface area contributed by atoms with Crippen LogP contribution in [0.2, 0.25) is 0 Å². The van der Waals surface area contributed by atoms with Crippen LogP contribution < -0.4 is 10.1 Å². The number of hydrogen-bond acceptors (Lipinski definition) is 3. The van der Waals surface area contributed by atoms with Crippen molar-refractivity contribution in [3.05, 3.63) is 53.7 Å². The van der Waals surface area contributed by atoms with E-state index in [9.17, 15) is 9.90 Å². The number of fused-ring (bicyclic) bond motifs is 1. The smallest absolute Gasteiger partial charge is 0.235 e. The number of hydrogen-bond donors (Lipinski definition) is 3. The average Bonchev–Trinajstić information content (AvgIpc) is 3.34. The van der Waals surface area contributed by atoms with E-state index in [1.165, 1.54) is 12.8 Å². The number of benzene rings is 2. The number of ether oxygens (including phenoxy) is 1. The first-order valence-corrected chi connectivity index (χ1v) is 9.55. The molecule has 5 heteroatoms. The molecule has 1 aliphatic carbocycles. The summed E-state index contributed by atoms with van der Waals surface area (Å²) in [7, 11) is 1.51. The van der Waals surface area contributed by atoms with Crippen LogP contribution in [-0.4, -0.2) is 23.1 Å². The lowest BCUT2D eigenvalue weighted by molar-refractivity contribution is -0.118. The molecule has 1 aliphatic rings. The molecule has 4 rings (SSSR count). The maximum Gasteiger partial charge on any atom is 0.235 e. The number of aromatic amines is 1. The molecule has 146 valence electrons. The molecule has 1 saturated carbocycles. The number of nitrogens with one attached hydrogen (secondary N) is 2. The lowest BCUT2D eigenvalue weighted by atomic mass is 9.92. The van der Waals surface area contributed by atoms with Gasteiger partial charge in [-0.3, -0.25) is 4.79 Å². The summed E-state index contributed by atoms with van der Waals surface area (Å²) in [5.74, 6) is 0.429.